The van der Waals surface area contributed by atoms with Gasteiger partial charge < -0.3 is 8.94 Å². The Hall–Kier alpha value is -1.96. The van der Waals surface area contributed by atoms with Gasteiger partial charge in [0.15, 0.2) is 5.82 Å². The maximum Gasteiger partial charge on any atom is 0.325 e. The zero-order valence-corrected chi connectivity index (χ0v) is 8.19. The van der Waals surface area contributed by atoms with E-state index in [0.717, 1.165) is 0 Å². The molecule has 2 aromatic rings. The fraction of sp³-hybridized carbons (Fsp3) is 0. The van der Waals surface area contributed by atoms with Crippen molar-refractivity contribution in [1.29, 1.82) is 0 Å². The lowest BCUT2D eigenvalue weighted by atomic mass is 10.6. The highest BCUT2D eigenvalue weighted by Gasteiger charge is 2.12. The Bertz CT molecular complexity index is 460. The molecule has 0 aliphatic rings. The molecule has 0 saturated heterocycles. The Morgan fingerprint density at radius 3 is 2.67 bits per heavy atom. The van der Waals surface area contributed by atoms with Gasteiger partial charge in [-0.3, -0.25) is 0 Å². The van der Waals surface area contributed by atoms with Crippen LogP contribution in [0.1, 0.15) is 0 Å². The van der Waals surface area contributed by atoms with Crippen molar-refractivity contribution < 1.29 is 17.4 Å². The summed E-state index contributed by atoms with van der Waals surface area (Å²) in [6.45, 7) is 0. The van der Waals surface area contributed by atoms with E-state index in [4.69, 9.17) is 4.42 Å². The molecule has 0 atom stereocenters. The van der Waals surface area contributed by atoms with Gasteiger partial charge in [-0.2, -0.15) is 8.42 Å². The number of hydrogen-bond donors (Lipinski definition) is 2. The highest BCUT2D eigenvalue weighted by molar-refractivity contribution is 7.93. The maximum absolute atomic E-state index is 11.4. The number of rotatable bonds is 4. The fourth-order valence-electron chi connectivity index (χ4n) is 0.897. The van der Waals surface area contributed by atoms with E-state index < -0.39 is 10.2 Å². The quantitative estimate of drug-likeness (QED) is 0.816. The van der Waals surface area contributed by atoms with Crippen LogP contribution in [0, 0.1) is 0 Å². The third-order valence-electron chi connectivity index (χ3n) is 1.43. The molecule has 0 spiro atoms. The first-order valence-electron chi connectivity index (χ1n) is 3.90. The predicted octanol–water partition coefficient (Wildman–Crippen LogP) is 1.04. The zero-order chi connectivity index (χ0) is 10.7. The van der Waals surface area contributed by atoms with Crippen LogP contribution in [0.25, 0.3) is 0 Å². The van der Waals surface area contributed by atoms with Gasteiger partial charge in [0, 0.05) is 12.1 Å². The average Bonchev–Trinajstić information content (AvgIpc) is 2.75. The molecule has 0 saturated carbocycles. The fourth-order valence-corrected chi connectivity index (χ4v) is 1.71. The SMILES string of the molecule is O=S(=O)(Nc1ccon1)Nc1ccco1. The van der Waals surface area contributed by atoms with Gasteiger partial charge >= 0.3 is 10.2 Å². The monoisotopic (exact) mass is 229 g/mol. The molecule has 0 aliphatic carbocycles. The topological polar surface area (TPSA) is 97.4 Å². The van der Waals surface area contributed by atoms with Crippen molar-refractivity contribution in [2.45, 2.75) is 0 Å². The lowest BCUT2D eigenvalue weighted by molar-refractivity contribution is 0.423. The van der Waals surface area contributed by atoms with Gasteiger partial charge in [0.1, 0.15) is 6.26 Å². The number of nitrogens with zero attached hydrogens (tertiary/aromatic N) is 1. The highest BCUT2D eigenvalue weighted by Crippen LogP contribution is 2.11. The molecule has 0 aliphatic heterocycles. The molecular formula is C7H7N3O4S. The lowest BCUT2D eigenvalue weighted by Gasteiger charge is -2.04. The summed E-state index contributed by atoms with van der Waals surface area (Å²) in [5.74, 6) is 0.208. The smallest absolute Gasteiger partial charge is 0.325 e. The molecule has 2 aromatic heterocycles. The van der Waals surface area contributed by atoms with Gasteiger partial charge in [-0.1, -0.05) is 5.16 Å². The first kappa shape index (κ1) is 9.59. The van der Waals surface area contributed by atoms with Gasteiger partial charge in [-0.25, -0.2) is 9.44 Å². The molecule has 2 rings (SSSR count). The van der Waals surface area contributed by atoms with E-state index in [-0.39, 0.29) is 11.7 Å². The van der Waals surface area contributed by atoms with E-state index in [2.05, 4.69) is 19.1 Å². The molecule has 2 heterocycles. The van der Waals surface area contributed by atoms with Crippen molar-refractivity contribution in [2.75, 3.05) is 9.44 Å². The maximum atomic E-state index is 11.4. The molecule has 8 heteroatoms. The molecule has 2 N–H and O–H groups in total. The summed E-state index contributed by atoms with van der Waals surface area (Å²) in [6.07, 6.45) is 2.61. The number of furan rings is 1. The molecule has 0 unspecified atom stereocenters. The van der Waals surface area contributed by atoms with Crippen LogP contribution in [0.2, 0.25) is 0 Å². The summed E-state index contributed by atoms with van der Waals surface area (Å²) < 4.78 is 36.4. The predicted molar refractivity (Wildman–Crippen MR) is 51.4 cm³/mol. The number of aromatic nitrogens is 1. The molecule has 15 heavy (non-hydrogen) atoms. The number of hydrogen-bond acceptors (Lipinski definition) is 5. The van der Waals surface area contributed by atoms with E-state index in [9.17, 15) is 8.42 Å². The van der Waals surface area contributed by atoms with Crippen LogP contribution in [0.15, 0.2) is 39.7 Å². The van der Waals surface area contributed by atoms with E-state index in [0.29, 0.717) is 0 Å². The van der Waals surface area contributed by atoms with E-state index in [1.165, 1.54) is 24.7 Å². The van der Waals surface area contributed by atoms with Crippen LogP contribution in [0.4, 0.5) is 11.7 Å². The van der Waals surface area contributed by atoms with Crippen molar-refractivity contribution >= 4 is 21.9 Å². The van der Waals surface area contributed by atoms with E-state index in [1.807, 2.05) is 0 Å². The normalized spacial score (nSPS) is 11.2. The summed E-state index contributed by atoms with van der Waals surface area (Å²) in [7, 11) is -3.74. The summed E-state index contributed by atoms with van der Waals surface area (Å²) >= 11 is 0. The highest BCUT2D eigenvalue weighted by atomic mass is 32.2. The Morgan fingerprint density at radius 2 is 2.07 bits per heavy atom. The Balaban J connectivity index is 2.08. The second kappa shape index (κ2) is 3.65. The lowest BCUT2D eigenvalue weighted by Crippen LogP contribution is -2.21. The first-order valence-corrected chi connectivity index (χ1v) is 5.38. The van der Waals surface area contributed by atoms with E-state index >= 15 is 0 Å². The summed E-state index contributed by atoms with van der Waals surface area (Å²) in [6, 6.07) is 4.41. The van der Waals surface area contributed by atoms with Crippen molar-refractivity contribution in [3.05, 3.63) is 30.7 Å². The van der Waals surface area contributed by atoms with Gasteiger partial charge in [0.2, 0.25) is 5.88 Å². The standard InChI is InChI=1S/C7H7N3O4S/c11-15(12,9-6-3-5-14-8-6)10-7-2-1-4-13-7/h1-5,10H,(H,8,9). The number of anilines is 2. The largest absolute Gasteiger partial charge is 0.448 e. The molecule has 0 radical (unpaired) electrons. The van der Waals surface area contributed by atoms with Crippen LogP contribution in [0.3, 0.4) is 0 Å². The van der Waals surface area contributed by atoms with Crippen LogP contribution >= 0.6 is 0 Å². The third kappa shape index (κ3) is 2.50. The van der Waals surface area contributed by atoms with Crippen molar-refractivity contribution in [2.24, 2.45) is 0 Å². The molecule has 0 bridgehead atoms. The van der Waals surface area contributed by atoms with Crippen LogP contribution in [-0.2, 0) is 10.2 Å². The zero-order valence-electron chi connectivity index (χ0n) is 7.38. The van der Waals surface area contributed by atoms with Gasteiger partial charge in [0.25, 0.3) is 0 Å². The molecule has 0 amide bonds. The summed E-state index contributed by atoms with van der Waals surface area (Å²) in [5, 5.41) is 3.39. The molecular weight excluding hydrogens is 222 g/mol. The minimum Gasteiger partial charge on any atom is -0.448 e. The molecule has 0 aromatic carbocycles. The van der Waals surface area contributed by atoms with Crippen molar-refractivity contribution in [3.8, 4) is 0 Å². The van der Waals surface area contributed by atoms with Crippen LogP contribution < -0.4 is 9.44 Å². The van der Waals surface area contributed by atoms with Gasteiger partial charge in [0.05, 0.1) is 6.26 Å². The minimum absolute atomic E-state index is 0.0917. The Kier molecular flexibility index (Phi) is 2.34. The summed E-state index contributed by atoms with van der Waals surface area (Å²) in [5.41, 5.74) is 0. The average molecular weight is 229 g/mol. The molecule has 80 valence electrons. The first-order chi connectivity index (χ1) is 7.16. The Labute approximate surface area is 85.2 Å². The second-order valence-electron chi connectivity index (χ2n) is 2.57. The Morgan fingerprint density at radius 1 is 1.20 bits per heavy atom. The van der Waals surface area contributed by atoms with Crippen LogP contribution in [-0.4, -0.2) is 13.6 Å². The van der Waals surface area contributed by atoms with Gasteiger partial charge in [-0.05, 0) is 6.07 Å². The van der Waals surface area contributed by atoms with Crippen LogP contribution in [0.5, 0.6) is 0 Å². The van der Waals surface area contributed by atoms with Crippen molar-refractivity contribution in [1.82, 2.24) is 5.16 Å². The molecule has 0 fully saturated rings. The van der Waals surface area contributed by atoms with Crippen molar-refractivity contribution in [3.63, 3.8) is 0 Å². The molecule has 7 nitrogen and oxygen atoms in total. The minimum atomic E-state index is -3.74. The second-order valence-corrected chi connectivity index (χ2v) is 3.98. The third-order valence-corrected chi connectivity index (χ3v) is 2.38. The van der Waals surface area contributed by atoms with Gasteiger partial charge in [-0.15, -0.1) is 0 Å². The van der Waals surface area contributed by atoms with E-state index in [1.54, 1.807) is 6.07 Å². The number of nitrogens with one attached hydrogen (secondary N) is 2. The summed E-state index contributed by atoms with van der Waals surface area (Å²) in [4.78, 5) is 0.